The largest absolute Gasteiger partial charge is 0.457 e. The second-order valence-corrected chi connectivity index (χ2v) is 5.26. The third kappa shape index (κ3) is 3.53. The van der Waals surface area contributed by atoms with Gasteiger partial charge in [-0.25, -0.2) is 4.79 Å². The van der Waals surface area contributed by atoms with E-state index in [9.17, 15) is 9.59 Å². The molecule has 0 aromatic carbocycles. The molecule has 2 amide bonds. The number of nitrogens with one attached hydrogen (secondary N) is 1. The van der Waals surface area contributed by atoms with Crippen LogP contribution in [-0.4, -0.2) is 42.6 Å². The van der Waals surface area contributed by atoms with Gasteiger partial charge in [-0.15, -0.1) is 0 Å². The number of halogens is 1. The summed E-state index contributed by atoms with van der Waals surface area (Å²) < 4.78 is 10.4. The molecule has 6 nitrogen and oxygen atoms in total. The van der Waals surface area contributed by atoms with Crippen molar-refractivity contribution in [2.75, 3.05) is 19.7 Å². The van der Waals surface area contributed by atoms with Gasteiger partial charge in [0.25, 0.3) is 5.91 Å². The van der Waals surface area contributed by atoms with E-state index in [0.717, 1.165) is 12.8 Å². The van der Waals surface area contributed by atoms with E-state index in [-0.39, 0.29) is 18.0 Å². The predicted octanol–water partition coefficient (Wildman–Crippen LogP) is 2.39. The van der Waals surface area contributed by atoms with Crippen LogP contribution in [0.2, 0.25) is 0 Å². The highest BCUT2D eigenvalue weighted by molar-refractivity contribution is 9.10. The molecule has 0 radical (unpaired) electrons. The summed E-state index contributed by atoms with van der Waals surface area (Å²) in [5.74, 6) is -0.166. The Balaban J connectivity index is 1.81. The number of hydrogen-bond acceptors (Lipinski definition) is 4. The van der Waals surface area contributed by atoms with Crippen LogP contribution in [-0.2, 0) is 4.74 Å². The molecule has 0 atom stereocenters. The summed E-state index contributed by atoms with van der Waals surface area (Å²) in [5, 5.41) is 2.95. The molecule has 7 heteroatoms. The minimum absolute atomic E-state index is 0.0648. The molecule has 0 saturated carbocycles. The van der Waals surface area contributed by atoms with Gasteiger partial charge >= 0.3 is 6.09 Å². The Kier molecular flexibility index (Phi) is 5.05. The molecular formula is C13H17BrN2O4. The van der Waals surface area contributed by atoms with E-state index in [1.165, 1.54) is 6.26 Å². The number of rotatable bonds is 3. The molecule has 1 aromatic heterocycles. The van der Waals surface area contributed by atoms with Gasteiger partial charge in [0.05, 0.1) is 18.4 Å². The van der Waals surface area contributed by atoms with Gasteiger partial charge in [-0.1, -0.05) is 0 Å². The number of nitrogens with zero attached hydrogens (tertiary/aromatic N) is 1. The van der Waals surface area contributed by atoms with Gasteiger partial charge in [0, 0.05) is 19.1 Å². The molecule has 2 heterocycles. The summed E-state index contributed by atoms with van der Waals surface area (Å²) in [4.78, 5) is 25.2. The lowest BCUT2D eigenvalue weighted by molar-refractivity contribution is 0.0859. The molecule has 20 heavy (non-hydrogen) atoms. The third-order valence-electron chi connectivity index (χ3n) is 3.22. The van der Waals surface area contributed by atoms with E-state index in [1.807, 2.05) is 0 Å². The minimum atomic E-state index is -0.283. The lowest BCUT2D eigenvalue weighted by atomic mass is 10.1. The van der Waals surface area contributed by atoms with Crippen LogP contribution in [0.25, 0.3) is 0 Å². The maximum atomic E-state index is 12.0. The summed E-state index contributed by atoms with van der Waals surface area (Å²) in [5.41, 5.74) is 0.484. The van der Waals surface area contributed by atoms with Gasteiger partial charge in [0.2, 0.25) is 0 Å². The van der Waals surface area contributed by atoms with Crippen LogP contribution in [0.3, 0.4) is 0 Å². The predicted molar refractivity (Wildman–Crippen MR) is 75.5 cm³/mol. The van der Waals surface area contributed by atoms with Crippen molar-refractivity contribution in [2.24, 2.45) is 0 Å². The standard InChI is InChI=1S/C13H17BrN2O4/c1-2-19-13(18)16-6-3-9(4-7-16)15-12(17)10-5-8-20-11(10)14/h5,8-9H,2-4,6-7H2,1H3,(H,15,17). The van der Waals surface area contributed by atoms with Crippen molar-refractivity contribution >= 4 is 27.9 Å². The first-order chi connectivity index (χ1) is 9.61. The van der Waals surface area contributed by atoms with Crippen LogP contribution in [0, 0.1) is 0 Å². The van der Waals surface area contributed by atoms with Crippen LogP contribution < -0.4 is 5.32 Å². The molecule has 1 aliphatic heterocycles. The summed E-state index contributed by atoms with van der Waals surface area (Å²) in [6.45, 7) is 3.35. The van der Waals surface area contributed by atoms with Gasteiger partial charge in [-0.2, -0.15) is 0 Å². The highest BCUT2D eigenvalue weighted by atomic mass is 79.9. The fourth-order valence-corrected chi connectivity index (χ4v) is 2.56. The Morgan fingerprint density at radius 1 is 1.50 bits per heavy atom. The average Bonchev–Trinajstić information content (AvgIpc) is 2.86. The number of likely N-dealkylation sites (tertiary alicyclic amines) is 1. The second kappa shape index (κ2) is 6.78. The van der Waals surface area contributed by atoms with Gasteiger partial charge in [-0.3, -0.25) is 4.79 Å². The molecule has 1 N–H and O–H groups in total. The molecule has 110 valence electrons. The smallest absolute Gasteiger partial charge is 0.409 e. The van der Waals surface area contributed by atoms with E-state index in [0.29, 0.717) is 29.9 Å². The van der Waals surface area contributed by atoms with E-state index in [4.69, 9.17) is 9.15 Å². The number of hydrogen-bond donors (Lipinski definition) is 1. The molecular weight excluding hydrogens is 328 g/mol. The quantitative estimate of drug-likeness (QED) is 0.913. The lowest BCUT2D eigenvalue weighted by Crippen LogP contribution is -2.46. The molecule has 2 rings (SSSR count). The molecule has 1 aliphatic rings. The van der Waals surface area contributed by atoms with Gasteiger partial charge in [0.15, 0.2) is 4.67 Å². The average molecular weight is 345 g/mol. The number of furan rings is 1. The van der Waals surface area contributed by atoms with E-state index < -0.39 is 0 Å². The molecule has 0 unspecified atom stereocenters. The second-order valence-electron chi connectivity index (χ2n) is 4.54. The maximum Gasteiger partial charge on any atom is 0.409 e. The topological polar surface area (TPSA) is 71.8 Å². The Bertz CT molecular complexity index is 480. The molecule has 1 saturated heterocycles. The van der Waals surface area contributed by atoms with Gasteiger partial charge < -0.3 is 19.4 Å². The van der Waals surface area contributed by atoms with E-state index >= 15 is 0 Å². The zero-order chi connectivity index (χ0) is 14.5. The number of carbonyl (C=O) groups is 2. The van der Waals surface area contributed by atoms with Crippen LogP contribution in [0.4, 0.5) is 4.79 Å². The summed E-state index contributed by atoms with van der Waals surface area (Å²) >= 11 is 3.18. The zero-order valence-corrected chi connectivity index (χ0v) is 12.8. The van der Waals surface area contributed by atoms with Crippen LogP contribution in [0.15, 0.2) is 21.4 Å². The van der Waals surface area contributed by atoms with Crippen molar-refractivity contribution in [1.82, 2.24) is 10.2 Å². The van der Waals surface area contributed by atoms with Crippen molar-refractivity contribution < 1.29 is 18.7 Å². The van der Waals surface area contributed by atoms with Gasteiger partial charge in [0.1, 0.15) is 0 Å². The highest BCUT2D eigenvalue weighted by Crippen LogP contribution is 2.18. The Hall–Kier alpha value is -1.50. The molecule has 0 aliphatic carbocycles. The Labute approximate surface area is 125 Å². The lowest BCUT2D eigenvalue weighted by Gasteiger charge is -2.31. The van der Waals surface area contributed by atoms with Crippen molar-refractivity contribution in [1.29, 1.82) is 0 Å². The highest BCUT2D eigenvalue weighted by Gasteiger charge is 2.25. The van der Waals surface area contributed by atoms with Crippen molar-refractivity contribution in [2.45, 2.75) is 25.8 Å². The minimum Gasteiger partial charge on any atom is -0.457 e. The van der Waals surface area contributed by atoms with Crippen molar-refractivity contribution in [3.8, 4) is 0 Å². The Morgan fingerprint density at radius 2 is 2.20 bits per heavy atom. The van der Waals surface area contributed by atoms with E-state index in [1.54, 1.807) is 17.9 Å². The van der Waals surface area contributed by atoms with Gasteiger partial charge in [-0.05, 0) is 41.8 Å². The number of amides is 2. The molecule has 0 bridgehead atoms. The van der Waals surface area contributed by atoms with Crippen molar-refractivity contribution in [3.05, 3.63) is 22.6 Å². The van der Waals surface area contributed by atoms with Crippen LogP contribution in [0.1, 0.15) is 30.1 Å². The maximum absolute atomic E-state index is 12.0. The number of piperidine rings is 1. The van der Waals surface area contributed by atoms with Crippen LogP contribution >= 0.6 is 15.9 Å². The first kappa shape index (κ1) is 14.9. The molecule has 1 aromatic rings. The summed E-state index contributed by atoms with van der Waals surface area (Å²) in [6.07, 6.45) is 2.62. The molecule has 1 fully saturated rings. The third-order valence-corrected chi connectivity index (χ3v) is 3.83. The zero-order valence-electron chi connectivity index (χ0n) is 11.2. The van der Waals surface area contributed by atoms with E-state index in [2.05, 4.69) is 21.2 Å². The SMILES string of the molecule is CCOC(=O)N1CCC(NC(=O)c2ccoc2Br)CC1. The fourth-order valence-electron chi connectivity index (χ4n) is 2.14. The first-order valence-electron chi connectivity index (χ1n) is 6.57. The number of carbonyl (C=O) groups excluding carboxylic acids is 2. The monoisotopic (exact) mass is 344 g/mol. The Morgan fingerprint density at radius 3 is 2.75 bits per heavy atom. The number of ether oxygens (including phenoxy) is 1. The van der Waals surface area contributed by atoms with Crippen molar-refractivity contribution in [3.63, 3.8) is 0 Å². The summed E-state index contributed by atoms with van der Waals surface area (Å²) in [7, 11) is 0. The normalized spacial score (nSPS) is 16.0. The fraction of sp³-hybridized carbons (Fsp3) is 0.538. The first-order valence-corrected chi connectivity index (χ1v) is 7.36. The molecule has 0 spiro atoms. The van der Waals surface area contributed by atoms with Crippen LogP contribution in [0.5, 0.6) is 0 Å². The summed E-state index contributed by atoms with van der Waals surface area (Å²) in [6, 6.07) is 1.68.